The van der Waals surface area contributed by atoms with Crippen molar-refractivity contribution in [3.05, 3.63) is 0 Å². The van der Waals surface area contributed by atoms with Gasteiger partial charge in [0.05, 0.1) is 0 Å². The first-order chi connectivity index (χ1) is 8.34. The maximum absolute atomic E-state index is 4.24. The lowest BCUT2D eigenvalue weighted by Crippen LogP contribution is -2.37. The molecule has 2 heteroatoms. The monoisotopic (exact) mass is 257 g/mol. The lowest BCUT2D eigenvalue weighted by atomic mass is 10.0. The zero-order valence-electron chi connectivity index (χ0n) is 11.7. The van der Waals surface area contributed by atoms with Gasteiger partial charge >= 0.3 is 0 Å². The SMILES string of the molecule is CC1CCCCN1CCCCCCCCCS. The van der Waals surface area contributed by atoms with Crippen LogP contribution in [0.15, 0.2) is 0 Å². The Labute approximate surface area is 114 Å². The molecule has 1 aliphatic rings. The van der Waals surface area contributed by atoms with Crippen LogP contribution < -0.4 is 0 Å². The van der Waals surface area contributed by atoms with Crippen LogP contribution in [0.2, 0.25) is 0 Å². The molecule has 102 valence electrons. The average Bonchev–Trinajstić information content (AvgIpc) is 2.35. The summed E-state index contributed by atoms with van der Waals surface area (Å²) in [5, 5.41) is 0. The van der Waals surface area contributed by atoms with Gasteiger partial charge in [-0.25, -0.2) is 0 Å². The maximum Gasteiger partial charge on any atom is 0.00669 e. The van der Waals surface area contributed by atoms with Crippen molar-refractivity contribution in [1.29, 1.82) is 0 Å². The molecule has 1 saturated heterocycles. The molecule has 17 heavy (non-hydrogen) atoms. The molecular weight excluding hydrogens is 226 g/mol. The number of rotatable bonds is 9. The van der Waals surface area contributed by atoms with E-state index in [0.29, 0.717) is 0 Å². The Morgan fingerprint density at radius 2 is 1.59 bits per heavy atom. The molecule has 0 amide bonds. The van der Waals surface area contributed by atoms with E-state index >= 15 is 0 Å². The molecule has 0 saturated carbocycles. The molecule has 0 radical (unpaired) electrons. The van der Waals surface area contributed by atoms with Crippen LogP contribution in [-0.4, -0.2) is 29.8 Å². The van der Waals surface area contributed by atoms with Crippen LogP contribution in [0.4, 0.5) is 0 Å². The van der Waals surface area contributed by atoms with Crippen molar-refractivity contribution in [3.8, 4) is 0 Å². The fourth-order valence-electron chi connectivity index (χ4n) is 2.80. The summed E-state index contributed by atoms with van der Waals surface area (Å²) in [6.07, 6.45) is 14.1. The number of likely N-dealkylation sites (tertiary alicyclic amines) is 1. The smallest absolute Gasteiger partial charge is 0.00669 e. The van der Waals surface area contributed by atoms with Gasteiger partial charge in [-0.2, -0.15) is 12.6 Å². The summed E-state index contributed by atoms with van der Waals surface area (Å²) in [6.45, 7) is 5.09. The second kappa shape index (κ2) is 10.3. The molecule has 1 nitrogen and oxygen atoms in total. The summed E-state index contributed by atoms with van der Waals surface area (Å²) in [6, 6.07) is 0.846. The van der Waals surface area contributed by atoms with Gasteiger partial charge in [-0.15, -0.1) is 0 Å². The fraction of sp³-hybridized carbons (Fsp3) is 1.00. The quantitative estimate of drug-likeness (QED) is 0.469. The Hall–Kier alpha value is 0.310. The molecule has 1 atom stereocenters. The highest BCUT2D eigenvalue weighted by Crippen LogP contribution is 2.17. The van der Waals surface area contributed by atoms with Crippen LogP contribution in [0.25, 0.3) is 0 Å². The summed E-state index contributed by atoms with van der Waals surface area (Å²) < 4.78 is 0. The Kier molecular flexibility index (Phi) is 9.27. The van der Waals surface area contributed by atoms with E-state index in [1.807, 2.05) is 0 Å². The van der Waals surface area contributed by atoms with Crippen LogP contribution in [0.1, 0.15) is 71.1 Å². The van der Waals surface area contributed by atoms with Crippen LogP contribution in [0.3, 0.4) is 0 Å². The Morgan fingerprint density at radius 3 is 2.24 bits per heavy atom. The first kappa shape index (κ1) is 15.4. The third-order valence-corrected chi connectivity index (χ3v) is 4.36. The van der Waals surface area contributed by atoms with E-state index < -0.39 is 0 Å². The van der Waals surface area contributed by atoms with Crippen LogP contribution in [-0.2, 0) is 0 Å². The minimum atomic E-state index is 0.846. The van der Waals surface area contributed by atoms with E-state index in [0.717, 1.165) is 11.8 Å². The molecule has 0 N–H and O–H groups in total. The third-order valence-electron chi connectivity index (χ3n) is 4.04. The third kappa shape index (κ3) is 7.35. The first-order valence-corrected chi connectivity index (χ1v) is 8.32. The van der Waals surface area contributed by atoms with E-state index in [-0.39, 0.29) is 0 Å². The summed E-state index contributed by atoms with van der Waals surface area (Å²) in [5.41, 5.74) is 0. The van der Waals surface area contributed by atoms with Crippen molar-refractivity contribution in [2.24, 2.45) is 0 Å². The minimum Gasteiger partial charge on any atom is -0.301 e. The van der Waals surface area contributed by atoms with Gasteiger partial charge in [0, 0.05) is 6.04 Å². The lowest BCUT2D eigenvalue weighted by molar-refractivity contribution is 0.157. The van der Waals surface area contributed by atoms with Gasteiger partial charge in [0.1, 0.15) is 0 Å². The van der Waals surface area contributed by atoms with E-state index in [1.54, 1.807) is 0 Å². The zero-order valence-corrected chi connectivity index (χ0v) is 12.6. The number of piperidine rings is 1. The zero-order chi connectivity index (χ0) is 12.3. The Balaban J connectivity index is 1.86. The number of thiol groups is 1. The standard InChI is InChI=1S/C15H31NS/c1-15-11-7-9-13-16(15)12-8-5-3-2-4-6-10-14-17/h15,17H,2-14H2,1H3. The van der Waals surface area contributed by atoms with Crippen molar-refractivity contribution in [3.63, 3.8) is 0 Å². The van der Waals surface area contributed by atoms with E-state index in [2.05, 4.69) is 24.5 Å². The van der Waals surface area contributed by atoms with Crippen molar-refractivity contribution in [1.82, 2.24) is 4.90 Å². The van der Waals surface area contributed by atoms with Crippen LogP contribution in [0, 0.1) is 0 Å². The van der Waals surface area contributed by atoms with Gasteiger partial charge in [-0.05, 0) is 51.4 Å². The summed E-state index contributed by atoms with van der Waals surface area (Å²) in [5.74, 6) is 1.06. The highest BCUT2D eigenvalue weighted by atomic mass is 32.1. The van der Waals surface area contributed by atoms with E-state index in [4.69, 9.17) is 0 Å². The van der Waals surface area contributed by atoms with E-state index in [1.165, 1.54) is 77.3 Å². The first-order valence-electron chi connectivity index (χ1n) is 7.69. The molecule has 0 aromatic rings. The van der Waals surface area contributed by atoms with Crippen molar-refractivity contribution in [2.75, 3.05) is 18.8 Å². The largest absolute Gasteiger partial charge is 0.301 e. The molecule has 1 heterocycles. The van der Waals surface area contributed by atoms with Gasteiger partial charge < -0.3 is 4.90 Å². The maximum atomic E-state index is 4.24. The number of nitrogens with zero attached hydrogens (tertiary/aromatic N) is 1. The van der Waals surface area contributed by atoms with Gasteiger partial charge in [-0.1, -0.05) is 38.5 Å². The fourth-order valence-corrected chi connectivity index (χ4v) is 3.02. The molecule has 0 aromatic carbocycles. The number of unbranched alkanes of at least 4 members (excludes halogenated alkanes) is 6. The molecule has 1 rings (SSSR count). The summed E-state index contributed by atoms with van der Waals surface area (Å²) in [7, 11) is 0. The van der Waals surface area contributed by atoms with Crippen LogP contribution in [0.5, 0.6) is 0 Å². The average molecular weight is 257 g/mol. The number of hydrogen-bond acceptors (Lipinski definition) is 2. The summed E-state index contributed by atoms with van der Waals surface area (Å²) >= 11 is 4.24. The van der Waals surface area contributed by atoms with Gasteiger partial charge in [-0.3, -0.25) is 0 Å². The van der Waals surface area contributed by atoms with Crippen molar-refractivity contribution < 1.29 is 0 Å². The molecular formula is C15H31NS. The van der Waals surface area contributed by atoms with Crippen molar-refractivity contribution in [2.45, 2.75) is 77.2 Å². The predicted octanol–water partition coefficient (Wildman–Crippen LogP) is 4.52. The Morgan fingerprint density at radius 1 is 0.941 bits per heavy atom. The van der Waals surface area contributed by atoms with Crippen LogP contribution >= 0.6 is 12.6 Å². The molecule has 0 spiro atoms. The molecule has 1 fully saturated rings. The van der Waals surface area contributed by atoms with Crippen molar-refractivity contribution >= 4 is 12.6 Å². The second-order valence-corrected chi connectivity index (χ2v) is 6.03. The molecule has 0 bridgehead atoms. The molecule has 0 aliphatic carbocycles. The van der Waals surface area contributed by atoms with E-state index in [9.17, 15) is 0 Å². The normalized spacial score (nSPS) is 21.9. The molecule has 1 unspecified atom stereocenters. The molecule has 0 aromatic heterocycles. The summed E-state index contributed by atoms with van der Waals surface area (Å²) in [4.78, 5) is 2.70. The second-order valence-electron chi connectivity index (χ2n) is 5.58. The Bertz CT molecular complexity index is 172. The predicted molar refractivity (Wildman–Crippen MR) is 81.1 cm³/mol. The topological polar surface area (TPSA) is 3.24 Å². The van der Waals surface area contributed by atoms with Gasteiger partial charge in [0.2, 0.25) is 0 Å². The lowest BCUT2D eigenvalue weighted by Gasteiger charge is -2.33. The number of hydrogen-bond donors (Lipinski definition) is 1. The highest BCUT2D eigenvalue weighted by molar-refractivity contribution is 7.80. The highest BCUT2D eigenvalue weighted by Gasteiger charge is 2.16. The minimum absolute atomic E-state index is 0.846. The van der Waals surface area contributed by atoms with Gasteiger partial charge in [0.25, 0.3) is 0 Å². The van der Waals surface area contributed by atoms with Gasteiger partial charge in [0.15, 0.2) is 0 Å². The molecule has 1 aliphatic heterocycles.